The Bertz CT molecular complexity index is 962. The summed E-state index contributed by atoms with van der Waals surface area (Å²) < 4.78 is 18.2. The molecule has 10 heteroatoms. The van der Waals surface area contributed by atoms with Gasteiger partial charge >= 0.3 is 11.9 Å². The maximum absolute atomic E-state index is 13.3. The van der Waals surface area contributed by atoms with E-state index in [1.54, 1.807) is 6.92 Å². The number of ether oxygens (including phenoxy) is 1. The van der Waals surface area contributed by atoms with Crippen LogP contribution in [-0.4, -0.2) is 40.5 Å². The molecule has 9 nitrogen and oxygen atoms in total. The molecule has 0 heterocycles. The second-order valence-corrected chi connectivity index (χ2v) is 6.65. The second kappa shape index (κ2) is 10.8. The number of carboxylic acids is 1. The van der Waals surface area contributed by atoms with E-state index in [4.69, 9.17) is 4.74 Å². The number of carbonyl (C=O) groups excluding carboxylic acids is 2. The van der Waals surface area contributed by atoms with Crippen molar-refractivity contribution in [1.29, 1.82) is 0 Å². The van der Waals surface area contributed by atoms with E-state index in [0.29, 0.717) is 11.1 Å². The molecule has 1 amide bonds. The van der Waals surface area contributed by atoms with Gasteiger partial charge in [0.05, 0.1) is 24.4 Å². The highest BCUT2D eigenvalue weighted by Crippen LogP contribution is 2.27. The van der Waals surface area contributed by atoms with Gasteiger partial charge in [0, 0.05) is 18.1 Å². The van der Waals surface area contributed by atoms with Gasteiger partial charge in [0.1, 0.15) is 11.9 Å². The van der Waals surface area contributed by atoms with Gasteiger partial charge in [-0.2, -0.15) is 0 Å². The molecular weight excluding hydrogens is 411 g/mol. The summed E-state index contributed by atoms with van der Waals surface area (Å²) in [5.74, 6) is -4.36. The molecule has 0 fully saturated rings. The molecule has 0 spiro atoms. The van der Waals surface area contributed by atoms with Gasteiger partial charge in [-0.3, -0.25) is 19.7 Å². The Morgan fingerprint density at radius 2 is 1.87 bits per heavy atom. The Morgan fingerprint density at radius 3 is 2.42 bits per heavy atom. The number of esters is 1. The third-order valence-corrected chi connectivity index (χ3v) is 4.46. The molecule has 0 aliphatic rings. The third-order valence-electron chi connectivity index (χ3n) is 4.46. The number of aliphatic carboxylic acids is 1. The molecule has 0 unspecified atom stereocenters. The molecule has 2 aromatic rings. The van der Waals surface area contributed by atoms with E-state index in [-0.39, 0.29) is 25.1 Å². The van der Waals surface area contributed by atoms with E-state index in [2.05, 4.69) is 5.32 Å². The van der Waals surface area contributed by atoms with E-state index in [1.807, 2.05) is 0 Å². The van der Waals surface area contributed by atoms with Crippen molar-refractivity contribution in [3.8, 4) is 0 Å². The first-order valence-electron chi connectivity index (χ1n) is 9.37. The molecule has 0 aromatic heterocycles. The molecule has 2 rings (SSSR count). The Morgan fingerprint density at radius 1 is 1.19 bits per heavy atom. The highest BCUT2D eigenvalue weighted by molar-refractivity contribution is 5.86. The summed E-state index contributed by atoms with van der Waals surface area (Å²) in [5, 5.41) is 23.0. The van der Waals surface area contributed by atoms with Gasteiger partial charge in [-0.25, -0.2) is 9.18 Å². The van der Waals surface area contributed by atoms with Crippen molar-refractivity contribution in [1.82, 2.24) is 5.32 Å². The van der Waals surface area contributed by atoms with Gasteiger partial charge in [0.15, 0.2) is 0 Å². The largest absolute Gasteiger partial charge is 0.480 e. The Balaban J connectivity index is 2.29. The lowest BCUT2D eigenvalue weighted by atomic mass is 9.88. The maximum atomic E-state index is 13.3. The van der Waals surface area contributed by atoms with Crippen molar-refractivity contribution in [3.63, 3.8) is 0 Å². The molecule has 164 valence electrons. The summed E-state index contributed by atoms with van der Waals surface area (Å²) in [6.07, 6.45) is -0.642. The van der Waals surface area contributed by atoms with Crippen molar-refractivity contribution in [3.05, 3.63) is 75.6 Å². The summed E-state index contributed by atoms with van der Waals surface area (Å²) in [5.41, 5.74) is 0.441. The minimum Gasteiger partial charge on any atom is -0.480 e. The molecule has 0 aliphatic heterocycles. The number of non-ortho nitro benzene ring substituents is 1. The lowest BCUT2D eigenvalue weighted by molar-refractivity contribution is -0.384. The van der Waals surface area contributed by atoms with Gasteiger partial charge in [-0.15, -0.1) is 0 Å². The molecule has 2 aromatic carbocycles. The minimum absolute atomic E-state index is 0.0789. The number of nitrogens with zero attached hydrogens (tertiary/aromatic N) is 1. The molecule has 0 saturated carbocycles. The normalized spacial score (nSPS) is 12.5. The number of nitro groups is 1. The Kier molecular flexibility index (Phi) is 8.18. The zero-order valence-electron chi connectivity index (χ0n) is 16.6. The summed E-state index contributed by atoms with van der Waals surface area (Å²) in [6.45, 7) is 1.67. The average Bonchev–Trinajstić information content (AvgIpc) is 2.70. The fourth-order valence-corrected chi connectivity index (χ4v) is 3.06. The number of nitrogens with one attached hydrogen (secondary N) is 1. The molecule has 2 N–H and O–H groups in total. The zero-order chi connectivity index (χ0) is 23.0. The summed E-state index contributed by atoms with van der Waals surface area (Å²) in [7, 11) is 0. The van der Waals surface area contributed by atoms with E-state index in [1.165, 1.54) is 42.5 Å². The van der Waals surface area contributed by atoms with Crippen molar-refractivity contribution in [2.24, 2.45) is 0 Å². The van der Waals surface area contributed by atoms with E-state index >= 15 is 0 Å². The fourth-order valence-electron chi connectivity index (χ4n) is 3.06. The van der Waals surface area contributed by atoms with Crippen molar-refractivity contribution in [2.75, 3.05) is 6.61 Å². The first-order valence-corrected chi connectivity index (χ1v) is 9.37. The van der Waals surface area contributed by atoms with Crippen LogP contribution < -0.4 is 5.32 Å². The second-order valence-electron chi connectivity index (χ2n) is 6.65. The number of carbonyl (C=O) groups is 3. The number of halogens is 1. The van der Waals surface area contributed by atoms with Crippen LogP contribution in [0.2, 0.25) is 0 Å². The van der Waals surface area contributed by atoms with E-state index in [0.717, 1.165) is 6.07 Å². The SMILES string of the molecule is CCOC(=O)C[C@@H](c1ccc([N+](=O)[O-])cc1)[C@H](NC(=O)Cc1cccc(F)c1)C(=O)O. The monoisotopic (exact) mass is 432 g/mol. The van der Waals surface area contributed by atoms with Gasteiger partial charge in [-0.05, 0) is 30.2 Å². The molecule has 2 atom stereocenters. The van der Waals surface area contributed by atoms with Crippen LogP contribution in [0.3, 0.4) is 0 Å². The number of hydrogen-bond donors (Lipinski definition) is 2. The van der Waals surface area contributed by atoms with Crippen LogP contribution >= 0.6 is 0 Å². The summed E-state index contributed by atoms with van der Waals surface area (Å²) in [4.78, 5) is 46.7. The topological polar surface area (TPSA) is 136 Å². The van der Waals surface area contributed by atoms with Crippen LogP contribution in [0.25, 0.3) is 0 Å². The molecule has 0 saturated heterocycles. The molecule has 0 radical (unpaired) electrons. The highest BCUT2D eigenvalue weighted by Gasteiger charge is 2.33. The standard InChI is InChI=1S/C21H21FN2O7/c1-2-31-19(26)12-17(14-6-8-16(9-7-14)24(29)30)20(21(27)28)23-18(25)11-13-4-3-5-15(22)10-13/h3-10,17,20H,2,11-12H2,1H3,(H,23,25)(H,27,28)/t17-,20-/m0/s1. The highest BCUT2D eigenvalue weighted by atomic mass is 19.1. The van der Waals surface area contributed by atoms with Crippen LogP contribution in [0.5, 0.6) is 0 Å². The number of carboxylic acid groups (broad SMARTS) is 1. The predicted octanol–water partition coefficient (Wildman–Crippen LogP) is 2.58. The lowest BCUT2D eigenvalue weighted by Crippen LogP contribution is -2.46. The Labute approximate surface area is 177 Å². The van der Waals surface area contributed by atoms with Crippen LogP contribution in [0, 0.1) is 15.9 Å². The molecule has 0 aliphatic carbocycles. The summed E-state index contributed by atoms with van der Waals surface area (Å²) in [6, 6.07) is 8.81. The maximum Gasteiger partial charge on any atom is 0.326 e. The lowest BCUT2D eigenvalue weighted by Gasteiger charge is -2.25. The predicted molar refractivity (Wildman–Crippen MR) is 107 cm³/mol. The Hall–Kier alpha value is -3.82. The van der Waals surface area contributed by atoms with Crippen LogP contribution in [0.15, 0.2) is 48.5 Å². The average molecular weight is 432 g/mol. The number of hydrogen-bond acceptors (Lipinski definition) is 6. The smallest absolute Gasteiger partial charge is 0.326 e. The van der Waals surface area contributed by atoms with Crippen LogP contribution in [0.1, 0.15) is 30.4 Å². The first-order chi connectivity index (χ1) is 14.7. The zero-order valence-corrected chi connectivity index (χ0v) is 16.6. The van der Waals surface area contributed by atoms with Crippen LogP contribution in [0.4, 0.5) is 10.1 Å². The minimum atomic E-state index is -1.52. The molecule has 31 heavy (non-hydrogen) atoms. The van der Waals surface area contributed by atoms with Gasteiger partial charge in [0.2, 0.25) is 5.91 Å². The van der Waals surface area contributed by atoms with Crippen molar-refractivity contribution >= 4 is 23.5 Å². The number of amides is 1. The number of benzene rings is 2. The van der Waals surface area contributed by atoms with Crippen molar-refractivity contribution in [2.45, 2.75) is 31.7 Å². The van der Waals surface area contributed by atoms with Gasteiger partial charge in [-0.1, -0.05) is 24.3 Å². The molecular formula is C21H21FN2O7. The fraction of sp³-hybridized carbons (Fsp3) is 0.286. The number of rotatable bonds is 10. The van der Waals surface area contributed by atoms with Gasteiger partial charge < -0.3 is 15.2 Å². The van der Waals surface area contributed by atoms with E-state index in [9.17, 15) is 34.0 Å². The third kappa shape index (κ3) is 6.88. The van der Waals surface area contributed by atoms with Crippen molar-refractivity contribution < 1.29 is 33.5 Å². The first kappa shape index (κ1) is 23.5. The molecule has 0 bridgehead atoms. The van der Waals surface area contributed by atoms with E-state index < -0.39 is 40.5 Å². The quantitative estimate of drug-likeness (QED) is 0.335. The summed E-state index contributed by atoms with van der Waals surface area (Å²) >= 11 is 0. The van der Waals surface area contributed by atoms with Gasteiger partial charge in [0.25, 0.3) is 5.69 Å². The van der Waals surface area contributed by atoms with Crippen LogP contribution in [-0.2, 0) is 25.5 Å². The number of nitro benzene ring substituents is 1.